The molecule has 0 radical (unpaired) electrons. The van der Waals surface area contributed by atoms with Crippen molar-refractivity contribution in [3.63, 3.8) is 0 Å². The van der Waals surface area contributed by atoms with Gasteiger partial charge in [-0.15, -0.1) is 0 Å². The summed E-state index contributed by atoms with van der Waals surface area (Å²) >= 11 is 0. The normalized spacial score (nSPS) is 10.3. The summed E-state index contributed by atoms with van der Waals surface area (Å²) in [4.78, 5) is 4.38. The Morgan fingerprint density at radius 3 is 2.65 bits per heavy atom. The summed E-state index contributed by atoms with van der Waals surface area (Å²) in [5, 5.41) is 3.45. The van der Waals surface area contributed by atoms with Crippen molar-refractivity contribution in [2.24, 2.45) is 0 Å². The Morgan fingerprint density at radius 1 is 1.06 bits per heavy atom. The first-order valence-corrected chi connectivity index (χ1v) is 5.88. The maximum absolute atomic E-state index is 4.38. The van der Waals surface area contributed by atoms with Gasteiger partial charge in [0.1, 0.15) is 0 Å². The molecule has 1 N–H and O–H groups in total. The molecule has 2 aromatic rings. The van der Waals surface area contributed by atoms with Gasteiger partial charge in [0.05, 0.1) is 12.2 Å². The van der Waals surface area contributed by atoms with Crippen LogP contribution >= 0.6 is 0 Å². The first-order chi connectivity index (χ1) is 8.16. The van der Waals surface area contributed by atoms with Gasteiger partial charge in [-0.1, -0.05) is 18.2 Å². The third kappa shape index (κ3) is 2.84. The standard InChI is InChI=1S/C15H18N2/c1-11-6-7-13(3)14(9-11)17-10-15-12(2)5-4-8-16-15/h4-9,17H,10H2,1-3H3. The number of nitrogens with one attached hydrogen (secondary N) is 1. The molecule has 0 spiro atoms. The van der Waals surface area contributed by atoms with E-state index in [4.69, 9.17) is 0 Å². The molecule has 0 aliphatic rings. The lowest BCUT2D eigenvalue weighted by atomic mass is 10.1. The molecule has 1 aromatic carbocycles. The first-order valence-electron chi connectivity index (χ1n) is 5.88. The molecule has 1 heterocycles. The highest BCUT2D eigenvalue weighted by Gasteiger charge is 2.01. The summed E-state index contributed by atoms with van der Waals surface area (Å²) in [6.45, 7) is 7.09. The Labute approximate surface area is 103 Å². The largest absolute Gasteiger partial charge is 0.379 e. The van der Waals surface area contributed by atoms with Crippen LogP contribution in [-0.2, 0) is 6.54 Å². The van der Waals surface area contributed by atoms with Crippen molar-refractivity contribution in [3.8, 4) is 0 Å². The van der Waals surface area contributed by atoms with Crippen LogP contribution in [0, 0.1) is 20.8 Å². The van der Waals surface area contributed by atoms with E-state index < -0.39 is 0 Å². The van der Waals surface area contributed by atoms with Crippen LogP contribution in [0.1, 0.15) is 22.4 Å². The molecule has 0 aliphatic carbocycles. The van der Waals surface area contributed by atoms with E-state index in [2.05, 4.69) is 55.3 Å². The van der Waals surface area contributed by atoms with E-state index in [1.165, 1.54) is 22.4 Å². The number of benzene rings is 1. The zero-order valence-corrected chi connectivity index (χ0v) is 10.6. The summed E-state index contributed by atoms with van der Waals surface area (Å²) in [5.41, 5.74) is 6.06. The van der Waals surface area contributed by atoms with Crippen LogP contribution < -0.4 is 5.32 Å². The minimum atomic E-state index is 0.775. The van der Waals surface area contributed by atoms with E-state index >= 15 is 0 Å². The van der Waals surface area contributed by atoms with Gasteiger partial charge >= 0.3 is 0 Å². The molecule has 0 bridgehead atoms. The molecule has 88 valence electrons. The van der Waals surface area contributed by atoms with E-state index in [9.17, 15) is 0 Å². The highest BCUT2D eigenvalue weighted by Crippen LogP contribution is 2.17. The Morgan fingerprint density at radius 2 is 1.88 bits per heavy atom. The SMILES string of the molecule is Cc1ccc(C)c(NCc2ncccc2C)c1. The van der Waals surface area contributed by atoms with Crippen molar-refractivity contribution < 1.29 is 0 Å². The van der Waals surface area contributed by atoms with Crippen LogP contribution in [0.4, 0.5) is 5.69 Å². The summed E-state index contributed by atoms with van der Waals surface area (Å²) in [5.74, 6) is 0. The number of hydrogen-bond acceptors (Lipinski definition) is 2. The number of nitrogens with zero attached hydrogens (tertiary/aromatic N) is 1. The van der Waals surface area contributed by atoms with E-state index in [1.807, 2.05) is 12.3 Å². The molecule has 0 amide bonds. The lowest BCUT2D eigenvalue weighted by Crippen LogP contribution is -2.04. The van der Waals surface area contributed by atoms with Crippen LogP contribution in [0.2, 0.25) is 0 Å². The van der Waals surface area contributed by atoms with Gasteiger partial charge in [0.2, 0.25) is 0 Å². The monoisotopic (exact) mass is 226 g/mol. The van der Waals surface area contributed by atoms with Gasteiger partial charge in [0.25, 0.3) is 0 Å². The second kappa shape index (κ2) is 5.00. The van der Waals surface area contributed by atoms with Crippen molar-refractivity contribution in [1.29, 1.82) is 0 Å². The molecule has 0 saturated carbocycles. The van der Waals surface area contributed by atoms with Crippen LogP contribution in [0.5, 0.6) is 0 Å². The highest BCUT2D eigenvalue weighted by molar-refractivity contribution is 5.52. The van der Waals surface area contributed by atoms with Crippen LogP contribution in [0.3, 0.4) is 0 Å². The lowest BCUT2D eigenvalue weighted by molar-refractivity contribution is 1.01. The number of aryl methyl sites for hydroxylation is 3. The van der Waals surface area contributed by atoms with Crippen molar-refractivity contribution in [2.45, 2.75) is 27.3 Å². The van der Waals surface area contributed by atoms with E-state index in [0.717, 1.165) is 12.2 Å². The van der Waals surface area contributed by atoms with Crippen LogP contribution in [-0.4, -0.2) is 4.98 Å². The maximum Gasteiger partial charge on any atom is 0.0623 e. The molecule has 17 heavy (non-hydrogen) atoms. The van der Waals surface area contributed by atoms with Crippen molar-refractivity contribution in [1.82, 2.24) is 4.98 Å². The van der Waals surface area contributed by atoms with Gasteiger partial charge in [0.15, 0.2) is 0 Å². The molecule has 2 heteroatoms. The highest BCUT2D eigenvalue weighted by atomic mass is 14.9. The van der Waals surface area contributed by atoms with E-state index in [-0.39, 0.29) is 0 Å². The second-order valence-electron chi connectivity index (χ2n) is 4.44. The molecule has 0 atom stereocenters. The second-order valence-corrected chi connectivity index (χ2v) is 4.44. The smallest absolute Gasteiger partial charge is 0.0623 e. The average molecular weight is 226 g/mol. The topological polar surface area (TPSA) is 24.9 Å². The number of pyridine rings is 1. The fourth-order valence-corrected chi connectivity index (χ4v) is 1.81. The maximum atomic E-state index is 4.38. The minimum Gasteiger partial charge on any atom is -0.379 e. The third-order valence-corrected chi connectivity index (χ3v) is 2.96. The zero-order chi connectivity index (χ0) is 12.3. The molecular weight excluding hydrogens is 208 g/mol. The van der Waals surface area contributed by atoms with Crippen molar-refractivity contribution >= 4 is 5.69 Å². The zero-order valence-electron chi connectivity index (χ0n) is 10.6. The number of aromatic nitrogens is 1. The number of anilines is 1. The quantitative estimate of drug-likeness (QED) is 0.864. The molecule has 0 unspecified atom stereocenters. The number of hydrogen-bond donors (Lipinski definition) is 1. The summed E-state index contributed by atoms with van der Waals surface area (Å²) in [6, 6.07) is 10.5. The molecular formula is C15H18N2. The number of rotatable bonds is 3. The van der Waals surface area contributed by atoms with Gasteiger partial charge in [-0.25, -0.2) is 0 Å². The predicted octanol–water partition coefficient (Wildman–Crippen LogP) is 3.62. The Balaban J connectivity index is 2.12. The average Bonchev–Trinajstić information content (AvgIpc) is 2.32. The van der Waals surface area contributed by atoms with Crippen molar-refractivity contribution in [3.05, 3.63) is 58.9 Å². The van der Waals surface area contributed by atoms with Gasteiger partial charge in [-0.3, -0.25) is 4.98 Å². The van der Waals surface area contributed by atoms with Gasteiger partial charge < -0.3 is 5.32 Å². The van der Waals surface area contributed by atoms with Crippen LogP contribution in [0.25, 0.3) is 0 Å². The minimum absolute atomic E-state index is 0.775. The fourth-order valence-electron chi connectivity index (χ4n) is 1.81. The van der Waals surface area contributed by atoms with E-state index in [1.54, 1.807) is 0 Å². The Bertz CT molecular complexity index is 518. The molecule has 0 saturated heterocycles. The summed E-state index contributed by atoms with van der Waals surface area (Å²) in [7, 11) is 0. The first kappa shape index (κ1) is 11.6. The predicted molar refractivity (Wildman–Crippen MR) is 72.2 cm³/mol. The molecule has 0 aliphatic heterocycles. The Hall–Kier alpha value is -1.83. The summed E-state index contributed by atoms with van der Waals surface area (Å²) < 4.78 is 0. The van der Waals surface area contributed by atoms with Crippen molar-refractivity contribution in [2.75, 3.05) is 5.32 Å². The molecule has 0 fully saturated rings. The molecule has 2 rings (SSSR count). The van der Waals surface area contributed by atoms with Gasteiger partial charge in [-0.05, 0) is 49.6 Å². The van der Waals surface area contributed by atoms with Crippen LogP contribution in [0.15, 0.2) is 36.5 Å². The van der Waals surface area contributed by atoms with E-state index in [0.29, 0.717) is 0 Å². The molecule has 1 aromatic heterocycles. The fraction of sp³-hybridized carbons (Fsp3) is 0.267. The Kier molecular flexibility index (Phi) is 3.43. The summed E-state index contributed by atoms with van der Waals surface area (Å²) in [6.07, 6.45) is 1.84. The van der Waals surface area contributed by atoms with Gasteiger partial charge in [-0.2, -0.15) is 0 Å². The van der Waals surface area contributed by atoms with Gasteiger partial charge in [0, 0.05) is 11.9 Å². The third-order valence-electron chi connectivity index (χ3n) is 2.96. The lowest BCUT2D eigenvalue weighted by Gasteiger charge is -2.11. The molecule has 2 nitrogen and oxygen atoms in total.